The van der Waals surface area contributed by atoms with Gasteiger partial charge < -0.3 is 15.4 Å². The normalized spacial score (nSPS) is 19.0. The molecule has 27 heavy (non-hydrogen) atoms. The van der Waals surface area contributed by atoms with Gasteiger partial charge in [0.2, 0.25) is 5.91 Å². The number of aryl methyl sites for hydroxylation is 2. The quantitative estimate of drug-likeness (QED) is 0.782. The Hall–Kier alpha value is -2.19. The zero-order chi connectivity index (χ0) is 18.7. The number of hydrogen-bond acceptors (Lipinski definition) is 4. The van der Waals surface area contributed by atoms with Crippen LogP contribution in [0.4, 0.5) is 14.5 Å². The number of anilines is 1. The Labute approximate surface area is 162 Å². The molecule has 1 saturated heterocycles. The fourth-order valence-electron chi connectivity index (χ4n) is 3.16. The van der Waals surface area contributed by atoms with Gasteiger partial charge in [-0.1, -0.05) is 6.07 Å². The monoisotopic (exact) mass is 400 g/mol. The minimum absolute atomic E-state index is 0. The molecule has 1 aromatic heterocycles. The Balaban J connectivity index is 0.00000261. The first-order chi connectivity index (χ1) is 12.4. The molecule has 0 radical (unpaired) electrons. The van der Waals surface area contributed by atoms with E-state index < -0.39 is 13.0 Å². The predicted octanol–water partition coefficient (Wildman–Crippen LogP) is 2.74. The van der Waals surface area contributed by atoms with Crippen molar-refractivity contribution in [3.05, 3.63) is 41.7 Å². The number of rotatable bonds is 6. The van der Waals surface area contributed by atoms with Gasteiger partial charge in [0.15, 0.2) is 0 Å². The van der Waals surface area contributed by atoms with Gasteiger partial charge >= 0.3 is 0 Å². The van der Waals surface area contributed by atoms with Crippen molar-refractivity contribution in [2.24, 2.45) is 13.0 Å². The molecule has 2 N–H and O–H groups in total. The third-order valence-corrected chi connectivity index (χ3v) is 4.52. The summed E-state index contributed by atoms with van der Waals surface area (Å²) in [7, 11) is 1.84. The van der Waals surface area contributed by atoms with Gasteiger partial charge in [-0.2, -0.15) is 5.10 Å². The fraction of sp³-hybridized carbons (Fsp3) is 0.444. The van der Waals surface area contributed by atoms with Gasteiger partial charge in [0.05, 0.1) is 12.1 Å². The maximum absolute atomic E-state index is 12.7. The lowest BCUT2D eigenvalue weighted by atomic mass is 9.90. The van der Waals surface area contributed by atoms with Gasteiger partial charge in [0.1, 0.15) is 12.4 Å². The van der Waals surface area contributed by atoms with Crippen LogP contribution < -0.4 is 15.4 Å². The van der Waals surface area contributed by atoms with Crippen LogP contribution in [-0.4, -0.2) is 41.8 Å². The molecule has 0 saturated carbocycles. The van der Waals surface area contributed by atoms with Gasteiger partial charge in [-0.3, -0.25) is 9.48 Å². The molecule has 9 heteroatoms. The second kappa shape index (κ2) is 9.14. The number of ether oxygens (including phenoxy) is 1. The smallest absolute Gasteiger partial charge is 0.272 e. The summed E-state index contributed by atoms with van der Waals surface area (Å²) in [4.78, 5) is 12.7. The third-order valence-electron chi connectivity index (χ3n) is 4.52. The highest BCUT2D eigenvalue weighted by Gasteiger charge is 2.34. The van der Waals surface area contributed by atoms with Crippen LogP contribution in [-0.2, 0) is 11.8 Å². The summed E-state index contributed by atoms with van der Waals surface area (Å²) in [6, 6.07) is 5.06. The molecule has 148 valence electrons. The molecule has 3 rings (SSSR count). The van der Waals surface area contributed by atoms with Crippen LogP contribution in [0.25, 0.3) is 0 Å². The van der Waals surface area contributed by atoms with Crippen LogP contribution >= 0.6 is 12.4 Å². The molecular weight excluding hydrogens is 378 g/mol. The molecule has 0 unspecified atom stereocenters. The molecule has 2 heterocycles. The highest BCUT2D eigenvalue weighted by molar-refractivity contribution is 5.93. The van der Waals surface area contributed by atoms with Crippen LogP contribution in [0.3, 0.4) is 0 Å². The molecule has 0 aliphatic carbocycles. The summed E-state index contributed by atoms with van der Waals surface area (Å²) in [6.45, 7) is 2.38. The van der Waals surface area contributed by atoms with Gasteiger partial charge in [-0.05, 0) is 24.1 Å². The second-order valence-electron chi connectivity index (χ2n) is 6.49. The van der Waals surface area contributed by atoms with E-state index in [0.29, 0.717) is 24.5 Å². The van der Waals surface area contributed by atoms with Gasteiger partial charge in [-0.15, -0.1) is 12.4 Å². The molecule has 1 amide bonds. The van der Waals surface area contributed by atoms with E-state index in [2.05, 4.69) is 15.7 Å². The van der Waals surface area contributed by atoms with Crippen molar-refractivity contribution in [3.63, 3.8) is 0 Å². The Morgan fingerprint density at radius 1 is 1.44 bits per heavy atom. The first-order valence-corrected chi connectivity index (χ1v) is 8.45. The first kappa shape index (κ1) is 21.1. The number of nitrogens with zero attached hydrogens (tertiary/aromatic N) is 2. The Morgan fingerprint density at radius 2 is 2.22 bits per heavy atom. The molecule has 1 aliphatic rings. The molecule has 1 aliphatic heterocycles. The number of aromatic nitrogens is 2. The molecule has 0 spiro atoms. The highest BCUT2D eigenvalue weighted by Crippen LogP contribution is 2.30. The van der Waals surface area contributed by atoms with E-state index >= 15 is 0 Å². The summed E-state index contributed by atoms with van der Waals surface area (Å²) in [6.07, 6.45) is 1.15. The maximum atomic E-state index is 12.7. The Morgan fingerprint density at radius 3 is 2.89 bits per heavy atom. The van der Waals surface area contributed by atoms with E-state index in [0.717, 1.165) is 11.1 Å². The predicted molar refractivity (Wildman–Crippen MR) is 101 cm³/mol. The molecule has 2 aromatic rings. The molecule has 0 bridgehead atoms. The van der Waals surface area contributed by atoms with Crippen LogP contribution in [0.15, 0.2) is 30.6 Å². The molecular formula is C18H23ClF2N4O2. The van der Waals surface area contributed by atoms with Crippen LogP contribution in [0.2, 0.25) is 0 Å². The fourth-order valence-corrected chi connectivity index (χ4v) is 3.16. The number of nitrogens with one attached hydrogen (secondary N) is 2. The third kappa shape index (κ3) is 5.17. The van der Waals surface area contributed by atoms with Crippen molar-refractivity contribution in [2.75, 3.05) is 25.0 Å². The van der Waals surface area contributed by atoms with Gasteiger partial charge in [0.25, 0.3) is 6.43 Å². The van der Waals surface area contributed by atoms with Gasteiger partial charge in [-0.25, -0.2) is 8.78 Å². The molecule has 2 atom stereocenters. The van der Waals surface area contributed by atoms with E-state index in [-0.39, 0.29) is 30.2 Å². The van der Waals surface area contributed by atoms with E-state index in [4.69, 9.17) is 4.74 Å². The summed E-state index contributed by atoms with van der Waals surface area (Å²) in [5.74, 6) is 0.0404. The number of carbonyl (C=O) groups is 1. The number of carbonyl (C=O) groups excluding carboxylic acids is 1. The average molecular weight is 401 g/mol. The number of alkyl halides is 2. The highest BCUT2D eigenvalue weighted by atomic mass is 35.5. The lowest BCUT2D eigenvalue weighted by molar-refractivity contribution is -0.119. The van der Waals surface area contributed by atoms with E-state index in [1.54, 1.807) is 36.0 Å². The number of hydrogen-bond donors (Lipinski definition) is 2. The van der Waals surface area contributed by atoms with Crippen LogP contribution in [0.1, 0.15) is 17.0 Å². The standard InChI is InChI=1S/C18H22F2N4O2.ClH/c1-11-3-4-13(5-16(11)26-10-17(19)20)23-18(25)15-8-21-7-14(15)12-6-22-24(2)9-12;/h3-6,9,14-15,17,21H,7-8,10H2,1-2H3,(H,23,25);1H/t14-,15+;/m1./s1. The van der Waals surface area contributed by atoms with Crippen molar-refractivity contribution in [2.45, 2.75) is 19.3 Å². The second-order valence-corrected chi connectivity index (χ2v) is 6.49. The molecule has 1 aromatic carbocycles. The maximum Gasteiger partial charge on any atom is 0.272 e. The van der Waals surface area contributed by atoms with Crippen LogP contribution in [0, 0.1) is 12.8 Å². The Kier molecular flexibility index (Phi) is 7.15. The van der Waals surface area contributed by atoms with E-state index in [9.17, 15) is 13.6 Å². The number of halogens is 3. The summed E-state index contributed by atoms with van der Waals surface area (Å²) in [5.41, 5.74) is 2.28. The van der Waals surface area contributed by atoms with Crippen molar-refractivity contribution >= 4 is 24.0 Å². The number of benzene rings is 1. The van der Waals surface area contributed by atoms with Crippen LogP contribution in [0.5, 0.6) is 5.75 Å². The van der Waals surface area contributed by atoms with Crippen molar-refractivity contribution < 1.29 is 18.3 Å². The lowest BCUT2D eigenvalue weighted by Crippen LogP contribution is -2.28. The topological polar surface area (TPSA) is 68.2 Å². The first-order valence-electron chi connectivity index (χ1n) is 8.45. The summed E-state index contributed by atoms with van der Waals surface area (Å²) in [5, 5.41) is 10.3. The Bertz CT molecular complexity index is 784. The molecule has 6 nitrogen and oxygen atoms in total. The summed E-state index contributed by atoms with van der Waals surface area (Å²) >= 11 is 0. The zero-order valence-electron chi connectivity index (χ0n) is 15.1. The largest absolute Gasteiger partial charge is 0.487 e. The zero-order valence-corrected chi connectivity index (χ0v) is 15.9. The van der Waals surface area contributed by atoms with E-state index in [1.165, 1.54) is 0 Å². The average Bonchev–Trinajstić information content (AvgIpc) is 3.23. The SMILES string of the molecule is Cc1ccc(NC(=O)[C@H]2CNC[C@@H]2c2cnn(C)c2)cc1OCC(F)F.Cl. The lowest BCUT2D eigenvalue weighted by Gasteiger charge is -2.18. The number of amides is 1. The minimum atomic E-state index is -2.54. The van der Waals surface area contributed by atoms with Crippen molar-refractivity contribution in [1.82, 2.24) is 15.1 Å². The minimum Gasteiger partial charge on any atom is -0.487 e. The van der Waals surface area contributed by atoms with Crippen molar-refractivity contribution in [1.29, 1.82) is 0 Å². The molecule has 1 fully saturated rings. The van der Waals surface area contributed by atoms with Crippen molar-refractivity contribution in [3.8, 4) is 5.75 Å². The summed E-state index contributed by atoms with van der Waals surface area (Å²) < 4.78 is 31.6. The van der Waals surface area contributed by atoms with E-state index in [1.807, 2.05) is 13.2 Å². The van der Waals surface area contributed by atoms with Gasteiger partial charge in [0, 0.05) is 44.0 Å².